The van der Waals surface area contributed by atoms with Crippen LogP contribution >= 0.6 is 15.9 Å². The normalized spacial score (nSPS) is 11.7. The van der Waals surface area contributed by atoms with Crippen LogP contribution in [0.3, 0.4) is 0 Å². The summed E-state index contributed by atoms with van der Waals surface area (Å²) in [6, 6.07) is 3.77. The number of nitrogens with zero attached hydrogens (tertiary/aromatic N) is 2. The number of nitrogens with one attached hydrogen (secondary N) is 1. The van der Waals surface area contributed by atoms with Crippen molar-refractivity contribution < 1.29 is 12.8 Å². The minimum Gasteiger partial charge on any atom is -0.396 e. The van der Waals surface area contributed by atoms with Crippen molar-refractivity contribution in [3.8, 4) is 0 Å². The number of halogens is 2. The van der Waals surface area contributed by atoms with Gasteiger partial charge in [-0.25, -0.2) is 17.5 Å². The van der Waals surface area contributed by atoms with Gasteiger partial charge in [0, 0.05) is 17.2 Å². The molecule has 0 unspecified atom stereocenters. The number of rotatable bonds is 5. The third-order valence-corrected chi connectivity index (χ3v) is 4.46. The van der Waals surface area contributed by atoms with Gasteiger partial charge in [0.2, 0.25) is 10.0 Å². The van der Waals surface area contributed by atoms with Crippen LogP contribution in [0.5, 0.6) is 0 Å². The molecule has 0 saturated heterocycles. The van der Waals surface area contributed by atoms with Crippen LogP contribution in [0.4, 0.5) is 10.1 Å². The maximum atomic E-state index is 13.6. The molecule has 0 saturated carbocycles. The smallest absolute Gasteiger partial charge is 0.243 e. The Balaban J connectivity index is 2.04. The van der Waals surface area contributed by atoms with Crippen LogP contribution in [-0.2, 0) is 16.6 Å². The Morgan fingerprint density at radius 1 is 1.45 bits per heavy atom. The van der Waals surface area contributed by atoms with E-state index in [1.807, 2.05) is 0 Å². The fourth-order valence-electron chi connectivity index (χ4n) is 1.57. The average Bonchev–Trinajstić information content (AvgIpc) is 2.74. The highest BCUT2D eigenvalue weighted by Gasteiger charge is 2.18. The van der Waals surface area contributed by atoms with Gasteiger partial charge in [0.1, 0.15) is 10.7 Å². The third kappa shape index (κ3) is 3.56. The second-order valence-electron chi connectivity index (χ2n) is 4.01. The zero-order chi connectivity index (χ0) is 14.8. The lowest BCUT2D eigenvalue weighted by molar-refractivity contribution is 0.545. The van der Waals surface area contributed by atoms with E-state index in [0.29, 0.717) is 16.7 Å². The van der Waals surface area contributed by atoms with Gasteiger partial charge in [0.25, 0.3) is 0 Å². The van der Waals surface area contributed by atoms with Crippen LogP contribution in [-0.4, -0.2) is 24.7 Å². The first-order chi connectivity index (χ1) is 9.38. The minimum absolute atomic E-state index is 0.0823. The van der Waals surface area contributed by atoms with Gasteiger partial charge in [-0.2, -0.15) is 5.10 Å². The van der Waals surface area contributed by atoms with Crippen molar-refractivity contribution in [3.63, 3.8) is 0 Å². The molecule has 3 N–H and O–H groups in total. The summed E-state index contributed by atoms with van der Waals surface area (Å²) in [5, 5.41) is 3.91. The number of hydrogen-bond acceptors (Lipinski definition) is 4. The van der Waals surface area contributed by atoms with Crippen molar-refractivity contribution in [3.05, 3.63) is 40.9 Å². The number of aromatic nitrogens is 2. The molecule has 0 aliphatic carbocycles. The summed E-state index contributed by atoms with van der Waals surface area (Å²) in [6.45, 7) is 0.382. The number of nitrogens with two attached hydrogens (primary N) is 1. The van der Waals surface area contributed by atoms with E-state index in [4.69, 9.17) is 5.73 Å². The Morgan fingerprint density at radius 3 is 2.80 bits per heavy atom. The molecule has 2 aromatic rings. The van der Waals surface area contributed by atoms with Gasteiger partial charge in [-0.05, 0) is 18.2 Å². The summed E-state index contributed by atoms with van der Waals surface area (Å²) < 4.78 is 41.8. The first-order valence-electron chi connectivity index (χ1n) is 5.61. The summed E-state index contributed by atoms with van der Waals surface area (Å²) in [5.41, 5.74) is 5.98. The molecule has 1 heterocycles. The van der Waals surface area contributed by atoms with Crippen LogP contribution in [0.1, 0.15) is 0 Å². The molecule has 2 rings (SSSR count). The lowest BCUT2D eigenvalue weighted by atomic mass is 10.3. The van der Waals surface area contributed by atoms with Crippen molar-refractivity contribution in [2.75, 3.05) is 12.3 Å². The molecule has 0 bridgehead atoms. The van der Waals surface area contributed by atoms with Crippen molar-refractivity contribution in [1.82, 2.24) is 14.5 Å². The van der Waals surface area contributed by atoms with Crippen LogP contribution < -0.4 is 10.5 Å². The number of nitrogen functional groups attached to an aromatic ring is 1. The van der Waals surface area contributed by atoms with E-state index in [9.17, 15) is 12.8 Å². The Kier molecular flexibility index (Phi) is 4.41. The molecule has 0 aliphatic heterocycles. The van der Waals surface area contributed by atoms with Gasteiger partial charge in [-0.15, -0.1) is 0 Å². The minimum atomic E-state index is -3.89. The van der Waals surface area contributed by atoms with Crippen LogP contribution in [0, 0.1) is 5.82 Å². The van der Waals surface area contributed by atoms with E-state index in [-0.39, 0.29) is 11.4 Å². The fourth-order valence-corrected chi connectivity index (χ4v) is 2.98. The quantitative estimate of drug-likeness (QED) is 0.839. The Hall–Kier alpha value is -1.45. The Morgan fingerprint density at radius 2 is 2.20 bits per heavy atom. The summed E-state index contributed by atoms with van der Waals surface area (Å²) in [5.74, 6) is -0.810. The van der Waals surface area contributed by atoms with Crippen molar-refractivity contribution >= 4 is 31.6 Å². The number of benzene rings is 1. The van der Waals surface area contributed by atoms with Gasteiger partial charge in [0.15, 0.2) is 0 Å². The molecule has 20 heavy (non-hydrogen) atoms. The molecule has 1 aromatic carbocycles. The van der Waals surface area contributed by atoms with E-state index in [0.717, 1.165) is 6.07 Å². The van der Waals surface area contributed by atoms with Gasteiger partial charge in [-0.1, -0.05) is 15.9 Å². The third-order valence-electron chi connectivity index (χ3n) is 2.47. The van der Waals surface area contributed by atoms with Crippen LogP contribution in [0.25, 0.3) is 0 Å². The first-order valence-corrected chi connectivity index (χ1v) is 7.89. The fraction of sp³-hybridized carbons (Fsp3) is 0.182. The van der Waals surface area contributed by atoms with E-state index < -0.39 is 15.8 Å². The Labute approximate surface area is 124 Å². The standard InChI is InChI=1S/C11H12BrFN4O2S/c12-8-1-2-11(10(13)5-8)20(18,19)16-3-4-17-7-9(14)6-15-17/h1-2,5-7,16H,3-4,14H2. The summed E-state index contributed by atoms with van der Waals surface area (Å²) in [6.07, 6.45) is 3.04. The van der Waals surface area contributed by atoms with Crippen molar-refractivity contribution in [1.29, 1.82) is 0 Å². The predicted octanol–water partition coefficient (Wildman–Crippen LogP) is 1.35. The predicted molar refractivity (Wildman–Crippen MR) is 75.9 cm³/mol. The van der Waals surface area contributed by atoms with E-state index in [1.165, 1.54) is 23.0 Å². The zero-order valence-electron chi connectivity index (χ0n) is 10.3. The van der Waals surface area contributed by atoms with E-state index in [2.05, 4.69) is 25.8 Å². The lowest BCUT2D eigenvalue weighted by Gasteiger charge is -2.08. The van der Waals surface area contributed by atoms with Gasteiger partial charge in [0.05, 0.1) is 18.4 Å². The molecule has 108 valence electrons. The highest BCUT2D eigenvalue weighted by molar-refractivity contribution is 9.10. The largest absolute Gasteiger partial charge is 0.396 e. The molecule has 0 spiro atoms. The molecular weight excluding hydrogens is 351 g/mol. The zero-order valence-corrected chi connectivity index (χ0v) is 12.7. The highest BCUT2D eigenvalue weighted by atomic mass is 79.9. The number of hydrogen-bond donors (Lipinski definition) is 2. The molecule has 1 aromatic heterocycles. The van der Waals surface area contributed by atoms with Crippen LogP contribution in [0.15, 0.2) is 40.0 Å². The Bertz CT molecular complexity index is 717. The van der Waals surface area contributed by atoms with Crippen molar-refractivity contribution in [2.24, 2.45) is 0 Å². The lowest BCUT2D eigenvalue weighted by Crippen LogP contribution is -2.28. The first kappa shape index (κ1) is 14.9. The monoisotopic (exact) mass is 362 g/mol. The molecule has 9 heteroatoms. The highest BCUT2D eigenvalue weighted by Crippen LogP contribution is 2.19. The second-order valence-corrected chi connectivity index (χ2v) is 6.66. The number of anilines is 1. The van der Waals surface area contributed by atoms with E-state index >= 15 is 0 Å². The van der Waals surface area contributed by atoms with E-state index in [1.54, 1.807) is 6.20 Å². The molecule has 0 aliphatic rings. The maximum Gasteiger partial charge on any atom is 0.243 e. The molecular formula is C11H12BrFN4O2S. The molecule has 6 nitrogen and oxygen atoms in total. The SMILES string of the molecule is Nc1cnn(CCNS(=O)(=O)c2ccc(Br)cc2F)c1. The van der Waals surface area contributed by atoms with Gasteiger partial charge < -0.3 is 5.73 Å². The van der Waals surface area contributed by atoms with Crippen molar-refractivity contribution in [2.45, 2.75) is 11.4 Å². The molecule has 0 radical (unpaired) electrons. The summed E-state index contributed by atoms with van der Waals surface area (Å²) in [4.78, 5) is -0.388. The average molecular weight is 363 g/mol. The van der Waals surface area contributed by atoms with Gasteiger partial charge in [-0.3, -0.25) is 4.68 Å². The maximum absolute atomic E-state index is 13.6. The topological polar surface area (TPSA) is 90.0 Å². The second kappa shape index (κ2) is 5.90. The summed E-state index contributed by atoms with van der Waals surface area (Å²) >= 11 is 3.07. The molecule has 0 fully saturated rings. The molecule has 0 atom stereocenters. The van der Waals surface area contributed by atoms with Gasteiger partial charge >= 0.3 is 0 Å². The van der Waals surface area contributed by atoms with Crippen LogP contribution in [0.2, 0.25) is 0 Å². The number of sulfonamides is 1. The molecule has 0 amide bonds. The summed E-state index contributed by atoms with van der Waals surface area (Å²) in [7, 11) is -3.89.